The van der Waals surface area contributed by atoms with Crippen LogP contribution in [0.15, 0.2) is 54.6 Å². The zero-order chi connectivity index (χ0) is 16.8. The van der Waals surface area contributed by atoms with Crippen LogP contribution in [-0.2, 0) is 4.79 Å². The molecule has 2 atom stereocenters. The first-order valence-corrected chi connectivity index (χ1v) is 7.29. The Bertz CT molecular complexity index is 684. The van der Waals surface area contributed by atoms with Gasteiger partial charge in [0.2, 0.25) is 0 Å². The molecule has 0 aliphatic heterocycles. The maximum absolute atomic E-state index is 12.1. The van der Waals surface area contributed by atoms with E-state index in [0.29, 0.717) is 11.1 Å². The summed E-state index contributed by atoms with van der Waals surface area (Å²) in [6, 6.07) is 15.6. The summed E-state index contributed by atoms with van der Waals surface area (Å²) in [5.41, 5.74) is 1.91. The lowest BCUT2D eigenvalue weighted by Gasteiger charge is -2.20. The fraction of sp³-hybridized carbons (Fsp3) is 0.222. The van der Waals surface area contributed by atoms with Gasteiger partial charge >= 0.3 is 5.97 Å². The van der Waals surface area contributed by atoms with E-state index in [2.05, 4.69) is 5.32 Å². The van der Waals surface area contributed by atoms with Gasteiger partial charge in [-0.25, -0.2) is 0 Å². The Balaban J connectivity index is 2.06. The van der Waals surface area contributed by atoms with Crippen molar-refractivity contribution in [3.63, 3.8) is 0 Å². The fourth-order valence-corrected chi connectivity index (χ4v) is 2.31. The van der Waals surface area contributed by atoms with Crippen LogP contribution < -0.4 is 5.32 Å². The van der Waals surface area contributed by atoms with Crippen molar-refractivity contribution >= 4 is 11.9 Å². The highest BCUT2D eigenvalue weighted by Crippen LogP contribution is 2.21. The largest absolute Gasteiger partial charge is 0.481 e. The Hall–Kier alpha value is -2.66. The smallest absolute Gasteiger partial charge is 0.311 e. The standard InChI is InChI=1S/C18H19NO4/c1-12-6-5-9-14(10-12)17(21)19-11-15(18(22)23)16(20)13-7-3-2-4-8-13/h2-10,15-16,20H,11H2,1H3,(H,19,21)(H,22,23). The summed E-state index contributed by atoms with van der Waals surface area (Å²) in [5, 5.41) is 22.1. The van der Waals surface area contributed by atoms with E-state index in [-0.39, 0.29) is 12.5 Å². The minimum atomic E-state index is -1.19. The number of carbonyl (C=O) groups is 2. The Morgan fingerprint density at radius 2 is 1.78 bits per heavy atom. The molecule has 0 aliphatic carbocycles. The number of rotatable bonds is 6. The molecule has 0 spiro atoms. The third-order valence-corrected chi connectivity index (χ3v) is 3.60. The van der Waals surface area contributed by atoms with Crippen molar-refractivity contribution in [1.82, 2.24) is 5.32 Å². The van der Waals surface area contributed by atoms with Gasteiger partial charge in [-0.05, 0) is 24.6 Å². The summed E-state index contributed by atoms with van der Waals surface area (Å²) in [5.74, 6) is -2.64. The Morgan fingerprint density at radius 3 is 2.39 bits per heavy atom. The van der Waals surface area contributed by atoms with E-state index in [9.17, 15) is 19.8 Å². The molecule has 23 heavy (non-hydrogen) atoms. The molecule has 0 heterocycles. The molecule has 1 amide bonds. The van der Waals surface area contributed by atoms with Gasteiger partial charge in [0, 0.05) is 12.1 Å². The summed E-state index contributed by atoms with van der Waals surface area (Å²) in [6.07, 6.45) is -1.19. The molecule has 0 aliphatic rings. The molecular weight excluding hydrogens is 294 g/mol. The van der Waals surface area contributed by atoms with Gasteiger partial charge in [-0.2, -0.15) is 0 Å². The van der Waals surface area contributed by atoms with Crippen molar-refractivity contribution in [1.29, 1.82) is 0 Å². The van der Waals surface area contributed by atoms with Crippen molar-refractivity contribution in [2.75, 3.05) is 6.54 Å². The Kier molecular flexibility index (Phi) is 5.49. The number of benzene rings is 2. The number of aliphatic hydroxyl groups is 1. The summed E-state index contributed by atoms with van der Waals surface area (Å²) >= 11 is 0. The average molecular weight is 313 g/mol. The number of amides is 1. The van der Waals surface area contributed by atoms with Crippen LogP contribution >= 0.6 is 0 Å². The summed E-state index contributed by atoms with van der Waals surface area (Å²) in [4.78, 5) is 23.5. The van der Waals surface area contributed by atoms with Crippen molar-refractivity contribution in [2.45, 2.75) is 13.0 Å². The Labute approximate surface area is 134 Å². The summed E-state index contributed by atoms with van der Waals surface area (Å²) < 4.78 is 0. The maximum Gasteiger partial charge on any atom is 0.311 e. The van der Waals surface area contributed by atoms with Crippen LogP contribution in [0.3, 0.4) is 0 Å². The van der Waals surface area contributed by atoms with Crippen LogP contribution in [0.5, 0.6) is 0 Å². The molecule has 3 N–H and O–H groups in total. The molecule has 120 valence electrons. The molecular formula is C18H19NO4. The van der Waals surface area contributed by atoms with Crippen LogP contribution in [0.4, 0.5) is 0 Å². The monoisotopic (exact) mass is 313 g/mol. The number of carboxylic acid groups (broad SMARTS) is 1. The van der Waals surface area contributed by atoms with E-state index in [1.54, 1.807) is 48.5 Å². The fourth-order valence-electron chi connectivity index (χ4n) is 2.31. The van der Waals surface area contributed by atoms with Crippen molar-refractivity contribution in [3.8, 4) is 0 Å². The van der Waals surface area contributed by atoms with Gasteiger partial charge in [-0.15, -0.1) is 0 Å². The van der Waals surface area contributed by atoms with Crippen LogP contribution in [-0.4, -0.2) is 28.6 Å². The van der Waals surface area contributed by atoms with Crippen LogP contribution in [0.2, 0.25) is 0 Å². The molecule has 2 rings (SSSR count). The SMILES string of the molecule is Cc1cccc(C(=O)NCC(C(=O)O)C(O)c2ccccc2)c1. The molecule has 0 bridgehead atoms. The van der Waals surface area contributed by atoms with Crippen LogP contribution in [0, 0.1) is 12.8 Å². The number of hydrogen-bond donors (Lipinski definition) is 3. The van der Waals surface area contributed by atoms with Crippen molar-refractivity contribution in [3.05, 3.63) is 71.3 Å². The highest BCUT2D eigenvalue weighted by atomic mass is 16.4. The normalized spacial score (nSPS) is 13.1. The minimum absolute atomic E-state index is 0.155. The zero-order valence-corrected chi connectivity index (χ0v) is 12.8. The van der Waals surface area contributed by atoms with E-state index < -0.39 is 18.0 Å². The minimum Gasteiger partial charge on any atom is -0.481 e. The quantitative estimate of drug-likeness (QED) is 0.763. The van der Waals surface area contributed by atoms with Crippen molar-refractivity contribution in [2.24, 2.45) is 5.92 Å². The lowest BCUT2D eigenvalue weighted by molar-refractivity contribution is -0.145. The number of carboxylic acids is 1. The van der Waals surface area contributed by atoms with E-state index >= 15 is 0 Å². The second kappa shape index (κ2) is 7.56. The van der Waals surface area contributed by atoms with Gasteiger partial charge in [-0.1, -0.05) is 48.0 Å². The van der Waals surface area contributed by atoms with E-state index in [1.807, 2.05) is 13.0 Å². The molecule has 0 aromatic heterocycles. The third-order valence-electron chi connectivity index (χ3n) is 3.60. The lowest BCUT2D eigenvalue weighted by atomic mass is 9.95. The molecule has 0 radical (unpaired) electrons. The molecule has 2 aromatic rings. The number of carbonyl (C=O) groups excluding carboxylic acids is 1. The Morgan fingerprint density at radius 1 is 1.09 bits per heavy atom. The lowest BCUT2D eigenvalue weighted by Crippen LogP contribution is -2.36. The molecule has 2 unspecified atom stereocenters. The van der Waals surface area contributed by atoms with Crippen LogP contribution in [0.1, 0.15) is 27.6 Å². The highest BCUT2D eigenvalue weighted by molar-refractivity contribution is 5.94. The number of hydrogen-bond acceptors (Lipinski definition) is 3. The molecule has 0 fully saturated rings. The highest BCUT2D eigenvalue weighted by Gasteiger charge is 2.28. The average Bonchev–Trinajstić information content (AvgIpc) is 2.55. The number of nitrogens with one attached hydrogen (secondary N) is 1. The van der Waals surface area contributed by atoms with Crippen LogP contribution in [0.25, 0.3) is 0 Å². The van der Waals surface area contributed by atoms with Gasteiger partial charge < -0.3 is 15.5 Å². The van der Waals surface area contributed by atoms with Gasteiger partial charge in [0.05, 0.1) is 6.10 Å². The first-order chi connectivity index (χ1) is 11.0. The molecule has 5 heteroatoms. The van der Waals surface area contributed by atoms with E-state index in [4.69, 9.17) is 0 Å². The molecule has 0 saturated carbocycles. The second-order valence-corrected chi connectivity index (χ2v) is 5.38. The molecule has 5 nitrogen and oxygen atoms in total. The summed E-state index contributed by atoms with van der Waals surface area (Å²) in [7, 11) is 0. The van der Waals surface area contributed by atoms with Gasteiger partial charge in [0.1, 0.15) is 5.92 Å². The van der Waals surface area contributed by atoms with Gasteiger partial charge in [0.15, 0.2) is 0 Å². The third kappa shape index (κ3) is 4.40. The van der Waals surface area contributed by atoms with Gasteiger partial charge in [-0.3, -0.25) is 9.59 Å². The maximum atomic E-state index is 12.1. The van der Waals surface area contributed by atoms with Gasteiger partial charge in [0.25, 0.3) is 5.91 Å². The van der Waals surface area contributed by atoms with E-state index in [1.165, 1.54) is 0 Å². The molecule has 2 aromatic carbocycles. The number of aliphatic carboxylic acids is 1. The predicted molar refractivity (Wildman–Crippen MR) is 86.0 cm³/mol. The first kappa shape index (κ1) is 16.7. The number of aliphatic hydroxyl groups excluding tert-OH is 1. The second-order valence-electron chi connectivity index (χ2n) is 5.38. The predicted octanol–water partition coefficient (Wildman–Crippen LogP) is 2.16. The first-order valence-electron chi connectivity index (χ1n) is 7.29. The topological polar surface area (TPSA) is 86.6 Å². The molecule has 0 saturated heterocycles. The van der Waals surface area contributed by atoms with Crippen molar-refractivity contribution < 1.29 is 19.8 Å². The zero-order valence-electron chi connectivity index (χ0n) is 12.8. The summed E-state index contributed by atoms with van der Waals surface area (Å²) in [6.45, 7) is 1.72. The van der Waals surface area contributed by atoms with E-state index in [0.717, 1.165) is 5.56 Å². The number of aryl methyl sites for hydroxylation is 1.